The van der Waals surface area contributed by atoms with Gasteiger partial charge < -0.3 is 25.6 Å². The number of carbonyl (C=O) groups excluding carboxylic acids is 1. The molecule has 0 aromatic heterocycles. The van der Waals surface area contributed by atoms with Crippen LogP contribution in [0.2, 0.25) is 0 Å². The largest absolute Gasteiger partial charge is 0.386 e. The summed E-state index contributed by atoms with van der Waals surface area (Å²) < 4.78 is 9.79. The number of ether oxygens (including phenoxy) is 2. The maximum Gasteiger partial charge on any atom is 0.239 e. The minimum Gasteiger partial charge on any atom is -0.386 e. The van der Waals surface area contributed by atoms with Crippen LogP contribution in [-0.2, 0) is 14.3 Å². The minimum absolute atomic E-state index is 0.167. The summed E-state index contributed by atoms with van der Waals surface area (Å²) in [5, 5.41) is 12.4. The third kappa shape index (κ3) is 3.75. The van der Waals surface area contributed by atoms with Crippen molar-refractivity contribution in [1.29, 1.82) is 0 Å². The fourth-order valence-corrected chi connectivity index (χ4v) is 1.37. The molecule has 6 heteroatoms. The summed E-state index contributed by atoms with van der Waals surface area (Å²) in [6.45, 7) is 1.12. The molecular formula is C9H18N2O4. The van der Waals surface area contributed by atoms with Crippen LogP contribution < -0.4 is 11.1 Å². The van der Waals surface area contributed by atoms with Crippen LogP contribution in [-0.4, -0.2) is 56.1 Å². The topological polar surface area (TPSA) is 93.8 Å². The molecule has 1 rings (SSSR count). The van der Waals surface area contributed by atoms with E-state index in [-0.39, 0.29) is 25.7 Å². The van der Waals surface area contributed by atoms with Gasteiger partial charge in [-0.2, -0.15) is 0 Å². The van der Waals surface area contributed by atoms with Crippen LogP contribution in [0.25, 0.3) is 0 Å². The van der Waals surface area contributed by atoms with E-state index in [0.29, 0.717) is 13.0 Å². The molecule has 1 saturated heterocycles. The molecular weight excluding hydrogens is 200 g/mol. The third-order valence-corrected chi connectivity index (χ3v) is 2.36. The molecule has 6 nitrogen and oxygen atoms in total. The van der Waals surface area contributed by atoms with Crippen LogP contribution in [0.4, 0.5) is 0 Å². The number of carbonyl (C=O) groups is 1. The molecule has 0 aliphatic carbocycles. The highest BCUT2D eigenvalue weighted by Gasteiger charge is 2.32. The number of methoxy groups -OCH3 is 1. The van der Waals surface area contributed by atoms with Crippen molar-refractivity contribution in [3.05, 3.63) is 0 Å². The fraction of sp³-hybridized carbons (Fsp3) is 0.889. The third-order valence-electron chi connectivity index (χ3n) is 2.36. The molecule has 1 aliphatic heterocycles. The predicted molar refractivity (Wildman–Crippen MR) is 53.2 cm³/mol. The van der Waals surface area contributed by atoms with Crippen LogP contribution in [0, 0.1) is 0 Å². The Balaban J connectivity index is 2.26. The molecule has 0 spiro atoms. The van der Waals surface area contributed by atoms with Crippen molar-refractivity contribution in [2.75, 3.05) is 33.5 Å². The van der Waals surface area contributed by atoms with E-state index >= 15 is 0 Å². The second kappa shape index (κ2) is 5.41. The molecule has 2 atom stereocenters. The second-order valence-corrected chi connectivity index (χ2v) is 3.81. The molecule has 4 N–H and O–H groups in total. The molecule has 88 valence electrons. The summed E-state index contributed by atoms with van der Waals surface area (Å²) in [6, 6.07) is -0.694. The van der Waals surface area contributed by atoms with Crippen molar-refractivity contribution >= 4 is 5.91 Å². The lowest BCUT2D eigenvalue weighted by atomic mass is 10.0. The Kier molecular flexibility index (Phi) is 4.46. The van der Waals surface area contributed by atoms with E-state index in [4.69, 9.17) is 15.2 Å². The first-order valence-electron chi connectivity index (χ1n) is 4.90. The molecule has 0 saturated carbocycles. The molecule has 0 aromatic rings. The SMILES string of the molecule is COCC(N)C(=O)NCC1(O)CCOC1. The molecule has 15 heavy (non-hydrogen) atoms. The number of aliphatic hydroxyl groups is 1. The minimum atomic E-state index is -0.942. The molecule has 2 unspecified atom stereocenters. The Morgan fingerprint density at radius 2 is 2.53 bits per heavy atom. The maximum absolute atomic E-state index is 11.4. The summed E-state index contributed by atoms with van der Waals surface area (Å²) >= 11 is 0. The van der Waals surface area contributed by atoms with Gasteiger partial charge in [0.05, 0.1) is 13.2 Å². The van der Waals surface area contributed by atoms with E-state index in [1.54, 1.807) is 0 Å². The van der Waals surface area contributed by atoms with Gasteiger partial charge in [0, 0.05) is 26.7 Å². The van der Waals surface area contributed by atoms with Crippen molar-refractivity contribution in [2.24, 2.45) is 5.73 Å². The second-order valence-electron chi connectivity index (χ2n) is 3.81. The van der Waals surface area contributed by atoms with Crippen molar-refractivity contribution in [2.45, 2.75) is 18.1 Å². The molecule has 1 fully saturated rings. The van der Waals surface area contributed by atoms with Gasteiger partial charge in [-0.3, -0.25) is 4.79 Å². The Morgan fingerprint density at radius 3 is 3.07 bits per heavy atom. The Morgan fingerprint density at radius 1 is 1.80 bits per heavy atom. The summed E-state index contributed by atoms with van der Waals surface area (Å²) in [5.41, 5.74) is 4.56. The average molecular weight is 218 g/mol. The van der Waals surface area contributed by atoms with E-state index in [1.807, 2.05) is 0 Å². The fourth-order valence-electron chi connectivity index (χ4n) is 1.37. The van der Waals surface area contributed by atoms with Gasteiger partial charge in [-0.05, 0) is 0 Å². The van der Waals surface area contributed by atoms with Gasteiger partial charge in [0.15, 0.2) is 0 Å². The molecule has 1 heterocycles. The zero-order chi connectivity index (χ0) is 11.3. The van der Waals surface area contributed by atoms with Gasteiger partial charge in [-0.15, -0.1) is 0 Å². The van der Waals surface area contributed by atoms with Crippen LogP contribution in [0.3, 0.4) is 0 Å². The van der Waals surface area contributed by atoms with Crippen LogP contribution >= 0.6 is 0 Å². The van der Waals surface area contributed by atoms with E-state index < -0.39 is 11.6 Å². The van der Waals surface area contributed by atoms with Crippen molar-refractivity contribution in [3.63, 3.8) is 0 Å². The lowest BCUT2D eigenvalue weighted by Gasteiger charge is -2.21. The Bertz CT molecular complexity index is 216. The number of amides is 1. The van der Waals surface area contributed by atoms with E-state index in [1.165, 1.54) is 7.11 Å². The first kappa shape index (κ1) is 12.4. The lowest BCUT2D eigenvalue weighted by molar-refractivity contribution is -0.124. The molecule has 0 aromatic carbocycles. The Hall–Kier alpha value is -0.690. The van der Waals surface area contributed by atoms with Gasteiger partial charge in [0.25, 0.3) is 0 Å². The smallest absolute Gasteiger partial charge is 0.239 e. The molecule has 1 amide bonds. The Labute approximate surface area is 88.7 Å². The van der Waals surface area contributed by atoms with Gasteiger partial charge in [-0.1, -0.05) is 0 Å². The summed E-state index contributed by atoms with van der Waals surface area (Å²) in [4.78, 5) is 11.4. The first-order valence-corrected chi connectivity index (χ1v) is 4.90. The summed E-state index contributed by atoms with van der Waals surface area (Å²) in [6.07, 6.45) is 0.535. The van der Waals surface area contributed by atoms with Gasteiger partial charge in [0.1, 0.15) is 11.6 Å². The first-order chi connectivity index (χ1) is 7.07. The highest BCUT2D eigenvalue weighted by molar-refractivity contribution is 5.81. The number of hydrogen-bond acceptors (Lipinski definition) is 5. The summed E-state index contributed by atoms with van der Waals surface area (Å²) in [5.74, 6) is -0.322. The van der Waals surface area contributed by atoms with Crippen LogP contribution in [0.1, 0.15) is 6.42 Å². The van der Waals surface area contributed by atoms with Gasteiger partial charge in [0.2, 0.25) is 5.91 Å². The molecule has 0 radical (unpaired) electrons. The number of rotatable bonds is 5. The standard InChI is InChI=1S/C9H18N2O4/c1-14-4-7(10)8(12)11-5-9(13)2-3-15-6-9/h7,13H,2-6,10H2,1H3,(H,11,12). The van der Waals surface area contributed by atoms with Gasteiger partial charge >= 0.3 is 0 Å². The van der Waals surface area contributed by atoms with Crippen molar-refractivity contribution in [3.8, 4) is 0 Å². The number of nitrogens with one attached hydrogen (secondary N) is 1. The molecule has 0 bridgehead atoms. The van der Waals surface area contributed by atoms with E-state index in [9.17, 15) is 9.90 Å². The quantitative estimate of drug-likeness (QED) is 0.507. The van der Waals surface area contributed by atoms with E-state index in [2.05, 4.69) is 5.32 Å². The zero-order valence-corrected chi connectivity index (χ0v) is 8.86. The highest BCUT2D eigenvalue weighted by atomic mass is 16.5. The van der Waals surface area contributed by atoms with Crippen molar-refractivity contribution in [1.82, 2.24) is 5.32 Å². The normalized spacial score (nSPS) is 27.7. The lowest BCUT2D eigenvalue weighted by Crippen LogP contribution is -2.49. The van der Waals surface area contributed by atoms with Crippen molar-refractivity contribution < 1.29 is 19.4 Å². The van der Waals surface area contributed by atoms with E-state index in [0.717, 1.165) is 0 Å². The van der Waals surface area contributed by atoms with Gasteiger partial charge in [-0.25, -0.2) is 0 Å². The summed E-state index contributed by atoms with van der Waals surface area (Å²) in [7, 11) is 1.48. The number of hydrogen-bond donors (Lipinski definition) is 3. The highest BCUT2D eigenvalue weighted by Crippen LogP contribution is 2.16. The maximum atomic E-state index is 11.4. The molecule has 1 aliphatic rings. The zero-order valence-electron chi connectivity index (χ0n) is 8.86. The predicted octanol–water partition coefficient (Wildman–Crippen LogP) is -1.77. The number of nitrogens with two attached hydrogens (primary N) is 1. The van der Waals surface area contributed by atoms with Crippen LogP contribution in [0.5, 0.6) is 0 Å². The monoisotopic (exact) mass is 218 g/mol. The van der Waals surface area contributed by atoms with Crippen LogP contribution in [0.15, 0.2) is 0 Å². The average Bonchev–Trinajstić information content (AvgIpc) is 2.63.